The van der Waals surface area contributed by atoms with Crippen molar-refractivity contribution in [3.63, 3.8) is 0 Å². The Morgan fingerprint density at radius 3 is 2.65 bits per heavy atom. The number of Topliss-reactive ketones (excluding diaryl/α,β-unsaturated/α-hetero) is 1. The Morgan fingerprint density at radius 2 is 1.92 bits per heavy atom. The smallest absolute Gasteiger partial charge is 0.214 e. The highest BCUT2D eigenvalue weighted by Gasteiger charge is 2.14. The van der Waals surface area contributed by atoms with Gasteiger partial charge in [0.25, 0.3) is 0 Å². The molecule has 1 aromatic heterocycles. The average Bonchev–Trinajstić information content (AvgIpc) is 3.14. The molecule has 0 bridgehead atoms. The van der Waals surface area contributed by atoms with Crippen molar-refractivity contribution in [2.45, 2.75) is 31.3 Å². The van der Waals surface area contributed by atoms with Crippen molar-refractivity contribution in [1.29, 1.82) is 0 Å². The standard InChI is InChI=1S/C19H19BrN4OS/c1-2-3-6-14-9-11-15(12-10-14)24-19(21-22-23-24)26-13-18(25)16-7-4-5-8-17(16)20/h4-5,7-12H,2-3,6,13H2,1H3. The number of thioether (sulfide) groups is 1. The Labute approximate surface area is 165 Å². The van der Waals surface area contributed by atoms with Crippen molar-refractivity contribution in [3.05, 3.63) is 64.1 Å². The van der Waals surface area contributed by atoms with Gasteiger partial charge >= 0.3 is 0 Å². The molecule has 0 unspecified atom stereocenters. The topological polar surface area (TPSA) is 60.7 Å². The lowest BCUT2D eigenvalue weighted by Crippen LogP contribution is -2.05. The fraction of sp³-hybridized carbons (Fsp3) is 0.263. The van der Waals surface area contributed by atoms with Gasteiger partial charge in [-0.15, -0.1) is 5.10 Å². The third-order valence-electron chi connectivity index (χ3n) is 3.95. The Bertz CT molecular complexity index is 879. The largest absolute Gasteiger partial charge is 0.293 e. The molecule has 5 nitrogen and oxygen atoms in total. The lowest BCUT2D eigenvalue weighted by atomic mass is 10.1. The summed E-state index contributed by atoms with van der Waals surface area (Å²) in [6, 6.07) is 15.7. The summed E-state index contributed by atoms with van der Waals surface area (Å²) in [5, 5.41) is 12.5. The maximum absolute atomic E-state index is 12.4. The summed E-state index contributed by atoms with van der Waals surface area (Å²) in [4.78, 5) is 12.4. The highest BCUT2D eigenvalue weighted by atomic mass is 79.9. The number of nitrogens with zero attached hydrogens (tertiary/aromatic N) is 4. The number of carbonyl (C=O) groups excluding carboxylic acids is 1. The lowest BCUT2D eigenvalue weighted by Gasteiger charge is -2.06. The van der Waals surface area contributed by atoms with Crippen LogP contribution in [0.4, 0.5) is 0 Å². The van der Waals surface area contributed by atoms with Crippen LogP contribution in [-0.4, -0.2) is 31.7 Å². The van der Waals surface area contributed by atoms with Crippen molar-refractivity contribution >= 4 is 33.5 Å². The Morgan fingerprint density at radius 1 is 1.15 bits per heavy atom. The van der Waals surface area contributed by atoms with Crippen LogP contribution in [0, 0.1) is 0 Å². The van der Waals surface area contributed by atoms with E-state index in [9.17, 15) is 4.79 Å². The minimum atomic E-state index is 0.0342. The minimum Gasteiger partial charge on any atom is -0.293 e. The van der Waals surface area contributed by atoms with E-state index in [1.54, 1.807) is 4.68 Å². The molecule has 134 valence electrons. The van der Waals surface area contributed by atoms with Gasteiger partial charge in [0, 0.05) is 10.0 Å². The highest BCUT2D eigenvalue weighted by molar-refractivity contribution is 9.10. The second-order valence-corrected chi connectivity index (χ2v) is 7.63. The van der Waals surface area contributed by atoms with Gasteiger partial charge in [-0.1, -0.05) is 71.4 Å². The van der Waals surface area contributed by atoms with Crippen LogP contribution in [0.3, 0.4) is 0 Å². The van der Waals surface area contributed by atoms with Crippen LogP contribution >= 0.6 is 27.7 Å². The maximum atomic E-state index is 12.4. The van der Waals surface area contributed by atoms with Crippen LogP contribution in [0.15, 0.2) is 58.2 Å². The van der Waals surface area contributed by atoms with E-state index in [0.29, 0.717) is 10.7 Å². The first-order valence-corrected chi connectivity index (χ1v) is 10.2. The second kappa shape index (κ2) is 9.09. The molecule has 0 aliphatic carbocycles. The molecule has 3 rings (SSSR count). The van der Waals surface area contributed by atoms with E-state index in [0.717, 1.165) is 16.6 Å². The molecule has 0 spiro atoms. The van der Waals surface area contributed by atoms with E-state index in [-0.39, 0.29) is 11.5 Å². The normalized spacial score (nSPS) is 10.8. The molecule has 0 N–H and O–H groups in total. The van der Waals surface area contributed by atoms with Gasteiger partial charge in [-0.3, -0.25) is 4.79 Å². The zero-order valence-electron chi connectivity index (χ0n) is 14.4. The van der Waals surface area contributed by atoms with E-state index in [1.807, 2.05) is 36.4 Å². The molecule has 0 atom stereocenters. The van der Waals surface area contributed by atoms with Crippen molar-refractivity contribution in [2.75, 3.05) is 5.75 Å². The first kappa shape index (κ1) is 18.8. The van der Waals surface area contributed by atoms with Gasteiger partial charge in [0.05, 0.1) is 11.4 Å². The van der Waals surface area contributed by atoms with Gasteiger partial charge in [0.1, 0.15) is 0 Å². The van der Waals surface area contributed by atoms with Crippen molar-refractivity contribution < 1.29 is 4.79 Å². The van der Waals surface area contributed by atoms with Crippen molar-refractivity contribution in [3.8, 4) is 5.69 Å². The number of benzene rings is 2. The third kappa shape index (κ3) is 4.59. The van der Waals surface area contributed by atoms with Gasteiger partial charge in [0.2, 0.25) is 5.16 Å². The Balaban J connectivity index is 1.69. The molecule has 0 aliphatic heterocycles. The van der Waals surface area contributed by atoms with E-state index >= 15 is 0 Å². The fourth-order valence-electron chi connectivity index (χ4n) is 2.51. The van der Waals surface area contributed by atoms with E-state index in [1.165, 1.54) is 30.2 Å². The van der Waals surface area contributed by atoms with Gasteiger partial charge in [-0.05, 0) is 47.0 Å². The van der Waals surface area contributed by atoms with Crippen LogP contribution in [0.25, 0.3) is 5.69 Å². The molecule has 0 radical (unpaired) electrons. The molecular formula is C19H19BrN4OS. The Kier molecular flexibility index (Phi) is 6.57. The number of hydrogen-bond acceptors (Lipinski definition) is 5. The van der Waals surface area contributed by atoms with E-state index in [2.05, 4.69) is 50.5 Å². The summed E-state index contributed by atoms with van der Waals surface area (Å²) in [5.41, 5.74) is 2.87. The maximum Gasteiger partial charge on any atom is 0.214 e. The quantitative estimate of drug-likeness (QED) is 0.381. The number of ketones is 1. The lowest BCUT2D eigenvalue weighted by molar-refractivity contribution is 0.102. The summed E-state index contributed by atoms with van der Waals surface area (Å²) >= 11 is 4.75. The number of carbonyl (C=O) groups is 1. The van der Waals surface area contributed by atoms with Crippen LogP contribution in [0.1, 0.15) is 35.7 Å². The molecule has 7 heteroatoms. The second-order valence-electron chi connectivity index (χ2n) is 5.83. The molecule has 26 heavy (non-hydrogen) atoms. The SMILES string of the molecule is CCCCc1ccc(-n2nnnc2SCC(=O)c2ccccc2Br)cc1. The molecule has 0 amide bonds. The van der Waals surface area contributed by atoms with Crippen LogP contribution in [-0.2, 0) is 6.42 Å². The molecule has 1 heterocycles. The van der Waals surface area contributed by atoms with Crippen molar-refractivity contribution in [1.82, 2.24) is 20.2 Å². The fourth-order valence-corrected chi connectivity index (χ4v) is 3.79. The number of tetrazole rings is 1. The molecular weight excluding hydrogens is 412 g/mol. The van der Waals surface area contributed by atoms with E-state index in [4.69, 9.17) is 0 Å². The van der Waals surface area contributed by atoms with Gasteiger partial charge in [-0.2, -0.15) is 4.68 Å². The first-order valence-electron chi connectivity index (χ1n) is 8.47. The number of aryl methyl sites for hydroxylation is 1. The summed E-state index contributed by atoms with van der Waals surface area (Å²) in [7, 11) is 0. The number of hydrogen-bond donors (Lipinski definition) is 0. The predicted octanol–water partition coefficient (Wildman–Crippen LogP) is 4.74. The monoisotopic (exact) mass is 430 g/mol. The average molecular weight is 431 g/mol. The molecule has 0 saturated heterocycles. The van der Waals surface area contributed by atoms with Gasteiger partial charge in [0.15, 0.2) is 5.78 Å². The van der Waals surface area contributed by atoms with Gasteiger partial charge in [-0.25, -0.2) is 0 Å². The minimum absolute atomic E-state index is 0.0342. The molecule has 3 aromatic rings. The van der Waals surface area contributed by atoms with Crippen LogP contribution in [0.5, 0.6) is 0 Å². The van der Waals surface area contributed by atoms with E-state index < -0.39 is 0 Å². The molecule has 0 saturated carbocycles. The number of unbranched alkanes of at least 4 members (excludes halogenated alkanes) is 1. The third-order valence-corrected chi connectivity index (χ3v) is 5.56. The summed E-state index contributed by atoms with van der Waals surface area (Å²) < 4.78 is 2.47. The molecule has 2 aromatic carbocycles. The summed E-state index contributed by atoms with van der Waals surface area (Å²) in [6.45, 7) is 2.19. The van der Waals surface area contributed by atoms with Crippen molar-refractivity contribution in [2.24, 2.45) is 0 Å². The summed E-state index contributed by atoms with van der Waals surface area (Å²) in [6.07, 6.45) is 3.44. The van der Waals surface area contributed by atoms with Crippen LogP contribution < -0.4 is 0 Å². The zero-order valence-corrected chi connectivity index (χ0v) is 16.8. The molecule has 0 aliphatic rings. The predicted molar refractivity (Wildman–Crippen MR) is 107 cm³/mol. The van der Waals surface area contributed by atoms with Gasteiger partial charge < -0.3 is 0 Å². The highest BCUT2D eigenvalue weighted by Crippen LogP contribution is 2.22. The number of halogens is 1. The first-order chi connectivity index (χ1) is 12.7. The number of aromatic nitrogens is 4. The Hall–Kier alpha value is -1.99. The number of rotatable bonds is 8. The zero-order chi connectivity index (χ0) is 18.4. The van der Waals surface area contributed by atoms with Crippen LogP contribution in [0.2, 0.25) is 0 Å². The molecule has 0 fully saturated rings. The summed E-state index contributed by atoms with van der Waals surface area (Å²) in [5.74, 6) is 0.310.